The Morgan fingerprint density at radius 3 is 2.31 bits per heavy atom. The molecule has 90 valence electrons. The Hall–Kier alpha value is -0.0500. The number of benzene rings is 1. The molecule has 1 nitrogen and oxygen atoms in total. The van der Waals surface area contributed by atoms with E-state index < -0.39 is 0 Å². The van der Waals surface area contributed by atoms with Crippen LogP contribution in [-0.4, -0.2) is 6.04 Å². The van der Waals surface area contributed by atoms with E-state index in [-0.39, 0.29) is 17.0 Å². The van der Waals surface area contributed by atoms with Crippen LogP contribution in [0.1, 0.15) is 37.7 Å². The first kappa shape index (κ1) is 14.0. The fourth-order valence-electron chi connectivity index (χ4n) is 2.17. The summed E-state index contributed by atoms with van der Waals surface area (Å²) in [5, 5.41) is 4.43. The predicted molar refractivity (Wildman–Crippen MR) is 75.5 cm³/mol. The van der Waals surface area contributed by atoms with Crippen molar-refractivity contribution >= 4 is 28.6 Å². The summed E-state index contributed by atoms with van der Waals surface area (Å²) < 4.78 is 0. The van der Waals surface area contributed by atoms with E-state index in [4.69, 9.17) is 11.6 Å². The Bertz CT molecular complexity index is 293. The highest BCUT2D eigenvalue weighted by Gasteiger charge is 2.11. The topological polar surface area (TPSA) is 12.0 Å². The molecule has 0 unspecified atom stereocenters. The van der Waals surface area contributed by atoms with E-state index in [1.165, 1.54) is 37.7 Å². The molecule has 1 fully saturated rings. The lowest BCUT2D eigenvalue weighted by Crippen LogP contribution is -2.30. The van der Waals surface area contributed by atoms with Gasteiger partial charge in [-0.3, -0.25) is 0 Å². The molecule has 0 aromatic heterocycles. The van der Waals surface area contributed by atoms with Crippen LogP contribution >= 0.6 is 28.6 Å². The molecule has 0 spiro atoms. The number of nitrogens with one attached hydrogen (secondary N) is 1. The second-order valence-corrected chi connectivity index (χ2v) is 4.78. The van der Waals surface area contributed by atoms with Crippen molar-refractivity contribution in [1.29, 1.82) is 0 Å². The van der Waals surface area contributed by atoms with Gasteiger partial charge in [0, 0.05) is 17.6 Å². The normalized spacial score (nSPS) is 16.8. The van der Waals surface area contributed by atoms with Crippen molar-refractivity contribution in [2.45, 2.75) is 44.7 Å². The van der Waals surface area contributed by atoms with Gasteiger partial charge in [0.25, 0.3) is 0 Å². The van der Waals surface area contributed by atoms with Crippen LogP contribution in [0.25, 0.3) is 0 Å². The van der Waals surface area contributed by atoms with Gasteiger partial charge in [0.15, 0.2) is 0 Å². The molecule has 1 aromatic carbocycles. The van der Waals surface area contributed by atoms with Gasteiger partial charge in [0.05, 0.1) is 0 Å². The largest absolute Gasteiger partial charge is 0.310 e. The lowest BCUT2D eigenvalue weighted by molar-refractivity contribution is 0.372. The molecule has 0 radical (unpaired) electrons. The van der Waals surface area contributed by atoms with Crippen molar-refractivity contribution in [3.63, 3.8) is 0 Å². The molecule has 0 aliphatic heterocycles. The SMILES string of the molecule is Br.Clc1ccc(CNC2CCCCC2)cc1. The van der Waals surface area contributed by atoms with Crippen LogP contribution in [0.2, 0.25) is 5.02 Å². The first-order chi connectivity index (χ1) is 7.34. The fourth-order valence-corrected chi connectivity index (χ4v) is 2.30. The average Bonchev–Trinajstić information content (AvgIpc) is 2.30. The maximum absolute atomic E-state index is 5.84. The number of hydrogen-bond acceptors (Lipinski definition) is 1. The minimum Gasteiger partial charge on any atom is -0.310 e. The molecule has 3 heteroatoms. The Balaban J connectivity index is 0.00000128. The minimum absolute atomic E-state index is 0. The van der Waals surface area contributed by atoms with Crippen molar-refractivity contribution in [3.05, 3.63) is 34.9 Å². The van der Waals surface area contributed by atoms with Crippen LogP contribution in [0.5, 0.6) is 0 Å². The first-order valence-corrected chi connectivity index (χ1v) is 6.20. The Labute approximate surface area is 113 Å². The average molecular weight is 305 g/mol. The number of halogens is 2. The Morgan fingerprint density at radius 1 is 1.06 bits per heavy atom. The summed E-state index contributed by atoms with van der Waals surface area (Å²) >= 11 is 5.84. The Morgan fingerprint density at radius 2 is 1.69 bits per heavy atom. The van der Waals surface area contributed by atoms with Gasteiger partial charge in [0.2, 0.25) is 0 Å². The summed E-state index contributed by atoms with van der Waals surface area (Å²) in [7, 11) is 0. The van der Waals surface area contributed by atoms with Gasteiger partial charge in [-0.15, -0.1) is 17.0 Å². The molecule has 0 heterocycles. The summed E-state index contributed by atoms with van der Waals surface area (Å²) in [5.74, 6) is 0. The monoisotopic (exact) mass is 303 g/mol. The summed E-state index contributed by atoms with van der Waals surface area (Å²) in [6.45, 7) is 0.974. The van der Waals surface area contributed by atoms with Crippen molar-refractivity contribution in [1.82, 2.24) is 5.32 Å². The van der Waals surface area contributed by atoms with Crippen LogP contribution in [-0.2, 0) is 6.54 Å². The zero-order valence-electron chi connectivity index (χ0n) is 9.42. The van der Waals surface area contributed by atoms with Crippen LogP contribution in [0.15, 0.2) is 24.3 Å². The third kappa shape index (κ3) is 4.44. The van der Waals surface area contributed by atoms with Gasteiger partial charge >= 0.3 is 0 Å². The highest BCUT2D eigenvalue weighted by molar-refractivity contribution is 8.93. The molecular weight excluding hydrogens is 286 g/mol. The predicted octanol–water partition coefficient (Wildman–Crippen LogP) is 4.34. The standard InChI is InChI=1S/C13H18ClN.BrH/c14-12-8-6-11(7-9-12)10-15-13-4-2-1-3-5-13;/h6-9,13,15H,1-5,10H2;1H. The van der Waals surface area contributed by atoms with Crippen LogP contribution in [0.4, 0.5) is 0 Å². The summed E-state index contributed by atoms with van der Waals surface area (Å²) in [6, 6.07) is 8.84. The van der Waals surface area contributed by atoms with E-state index in [1.807, 2.05) is 12.1 Å². The molecular formula is C13H19BrClN. The van der Waals surface area contributed by atoms with Crippen molar-refractivity contribution < 1.29 is 0 Å². The molecule has 0 bridgehead atoms. The van der Waals surface area contributed by atoms with Gasteiger partial charge in [-0.2, -0.15) is 0 Å². The lowest BCUT2D eigenvalue weighted by atomic mass is 9.95. The van der Waals surface area contributed by atoms with Crippen molar-refractivity contribution in [2.24, 2.45) is 0 Å². The third-order valence-corrected chi connectivity index (χ3v) is 3.37. The first-order valence-electron chi connectivity index (χ1n) is 5.82. The van der Waals surface area contributed by atoms with E-state index in [0.29, 0.717) is 0 Å². The zero-order chi connectivity index (χ0) is 10.5. The quantitative estimate of drug-likeness (QED) is 0.876. The molecule has 2 rings (SSSR count). The summed E-state index contributed by atoms with van der Waals surface area (Å²) in [6.07, 6.45) is 6.87. The second kappa shape index (κ2) is 7.31. The van der Waals surface area contributed by atoms with E-state index in [2.05, 4.69) is 17.4 Å². The second-order valence-electron chi connectivity index (χ2n) is 4.34. The smallest absolute Gasteiger partial charge is 0.0406 e. The molecule has 16 heavy (non-hydrogen) atoms. The third-order valence-electron chi connectivity index (χ3n) is 3.11. The molecule has 1 aromatic rings. The fraction of sp³-hybridized carbons (Fsp3) is 0.538. The molecule has 1 aliphatic carbocycles. The highest BCUT2D eigenvalue weighted by atomic mass is 79.9. The number of rotatable bonds is 3. The molecule has 0 atom stereocenters. The van der Waals surface area contributed by atoms with Gasteiger partial charge in [-0.05, 0) is 30.5 Å². The van der Waals surface area contributed by atoms with E-state index in [0.717, 1.165) is 17.6 Å². The zero-order valence-corrected chi connectivity index (χ0v) is 11.9. The molecule has 1 N–H and O–H groups in total. The molecule has 0 amide bonds. The molecule has 0 saturated heterocycles. The van der Waals surface area contributed by atoms with E-state index >= 15 is 0 Å². The van der Waals surface area contributed by atoms with Gasteiger partial charge in [-0.1, -0.05) is 43.0 Å². The maximum atomic E-state index is 5.84. The summed E-state index contributed by atoms with van der Waals surface area (Å²) in [5.41, 5.74) is 1.32. The van der Waals surface area contributed by atoms with E-state index in [9.17, 15) is 0 Å². The van der Waals surface area contributed by atoms with Crippen molar-refractivity contribution in [3.8, 4) is 0 Å². The van der Waals surface area contributed by atoms with Crippen LogP contribution in [0, 0.1) is 0 Å². The lowest BCUT2D eigenvalue weighted by Gasteiger charge is -2.22. The van der Waals surface area contributed by atoms with Crippen molar-refractivity contribution in [2.75, 3.05) is 0 Å². The van der Waals surface area contributed by atoms with Crippen LogP contribution in [0.3, 0.4) is 0 Å². The minimum atomic E-state index is 0. The van der Waals surface area contributed by atoms with E-state index in [1.54, 1.807) is 0 Å². The van der Waals surface area contributed by atoms with Gasteiger partial charge < -0.3 is 5.32 Å². The van der Waals surface area contributed by atoms with Crippen LogP contribution < -0.4 is 5.32 Å². The van der Waals surface area contributed by atoms with Gasteiger partial charge in [0.1, 0.15) is 0 Å². The Kier molecular flexibility index (Phi) is 6.40. The molecule has 1 aliphatic rings. The van der Waals surface area contributed by atoms with Gasteiger partial charge in [-0.25, -0.2) is 0 Å². The number of hydrogen-bond donors (Lipinski definition) is 1. The highest BCUT2D eigenvalue weighted by Crippen LogP contribution is 2.18. The maximum Gasteiger partial charge on any atom is 0.0406 e. The molecule has 1 saturated carbocycles. The summed E-state index contributed by atoms with van der Waals surface area (Å²) in [4.78, 5) is 0.